The first-order chi connectivity index (χ1) is 7.22. The maximum atomic E-state index is 5.77. The summed E-state index contributed by atoms with van der Waals surface area (Å²) < 4.78 is 0. The fourth-order valence-corrected chi connectivity index (χ4v) is 1.75. The van der Waals surface area contributed by atoms with E-state index in [0.29, 0.717) is 12.4 Å². The van der Waals surface area contributed by atoms with Crippen LogP contribution in [0.4, 0.5) is 5.82 Å². The number of aromatic nitrogens is 1. The Morgan fingerprint density at radius 2 is 2.13 bits per heavy atom. The van der Waals surface area contributed by atoms with Crippen molar-refractivity contribution in [1.29, 1.82) is 0 Å². The molecule has 78 valence electrons. The highest BCUT2D eigenvalue weighted by atomic mass is 14.8. The van der Waals surface area contributed by atoms with Crippen molar-refractivity contribution in [3.05, 3.63) is 35.4 Å². The highest BCUT2D eigenvalue weighted by molar-refractivity contribution is 5.84. The fourth-order valence-electron chi connectivity index (χ4n) is 1.75. The van der Waals surface area contributed by atoms with Gasteiger partial charge in [0, 0.05) is 5.39 Å². The third-order valence-electron chi connectivity index (χ3n) is 2.59. The van der Waals surface area contributed by atoms with E-state index in [1.54, 1.807) is 0 Å². The van der Waals surface area contributed by atoms with Gasteiger partial charge < -0.3 is 11.5 Å². The Morgan fingerprint density at radius 3 is 2.87 bits per heavy atom. The number of hydrogen-bond donors (Lipinski definition) is 2. The third-order valence-corrected chi connectivity index (χ3v) is 2.59. The number of benzene rings is 1. The van der Waals surface area contributed by atoms with Crippen molar-refractivity contribution in [3.8, 4) is 0 Å². The van der Waals surface area contributed by atoms with Crippen LogP contribution in [-0.4, -0.2) is 11.5 Å². The van der Waals surface area contributed by atoms with Gasteiger partial charge in [0.25, 0.3) is 0 Å². The van der Waals surface area contributed by atoms with Gasteiger partial charge in [-0.25, -0.2) is 4.98 Å². The van der Waals surface area contributed by atoms with E-state index in [4.69, 9.17) is 11.5 Å². The summed E-state index contributed by atoms with van der Waals surface area (Å²) in [6, 6.07) is 8.15. The second-order valence-corrected chi connectivity index (χ2v) is 3.71. The van der Waals surface area contributed by atoms with Crippen LogP contribution in [0.5, 0.6) is 0 Å². The summed E-state index contributed by atoms with van der Waals surface area (Å²) in [6.45, 7) is 2.63. The largest absolute Gasteiger partial charge is 0.383 e. The number of rotatable bonds is 2. The van der Waals surface area contributed by atoms with Gasteiger partial charge in [-0.1, -0.05) is 12.1 Å². The summed E-state index contributed by atoms with van der Waals surface area (Å²) in [5.74, 6) is 0.604. The van der Waals surface area contributed by atoms with E-state index in [1.807, 2.05) is 19.1 Å². The predicted octanol–water partition coefficient (Wildman–Crippen LogP) is 1.63. The van der Waals surface area contributed by atoms with Crippen LogP contribution in [0, 0.1) is 6.92 Å². The Morgan fingerprint density at radius 1 is 1.33 bits per heavy atom. The molecule has 1 heterocycles. The first-order valence-corrected chi connectivity index (χ1v) is 5.07. The van der Waals surface area contributed by atoms with Crippen molar-refractivity contribution in [2.24, 2.45) is 5.73 Å². The molecule has 0 unspecified atom stereocenters. The molecule has 15 heavy (non-hydrogen) atoms. The van der Waals surface area contributed by atoms with Crippen molar-refractivity contribution < 1.29 is 0 Å². The van der Waals surface area contributed by atoms with Crippen LogP contribution in [0.3, 0.4) is 0 Å². The van der Waals surface area contributed by atoms with E-state index in [2.05, 4.69) is 17.1 Å². The van der Waals surface area contributed by atoms with Gasteiger partial charge in [-0.3, -0.25) is 0 Å². The lowest BCUT2D eigenvalue weighted by Crippen LogP contribution is -2.04. The Labute approximate surface area is 89.1 Å². The highest BCUT2D eigenvalue weighted by Crippen LogP contribution is 2.21. The maximum absolute atomic E-state index is 5.77. The fraction of sp³-hybridized carbons (Fsp3) is 0.250. The quantitative estimate of drug-likeness (QED) is 0.776. The van der Waals surface area contributed by atoms with Gasteiger partial charge in [-0.05, 0) is 43.1 Å². The summed E-state index contributed by atoms with van der Waals surface area (Å²) in [4.78, 5) is 4.36. The summed E-state index contributed by atoms with van der Waals surface area (Å²) in [5.41, 5.74) is 14.6. The molecule has 0 aliphatic heterocycles. The molecule has 0 fully saturated rings. The lowest BCUT2D eigenvalue weighted by atomic mass is 10.0. The van der Waals surface area contributed by atoms with Gasteiger partial charge in [0.05, 0.1) is 5.52 Å². The molecule has 1 aromatic heterocycles. The monoisotopic (exact) mass is 201 g/mol. The molecule has 1 aromatic carbocycles. The number of nitrogens with two attached hydrogens (primary N) is 2. The topological polar surface area (TPSA) is 64.9 Å². The van der Waals surface area contributed by atoms with Crippen LogP contribution < -0.4 is 11.5 Å². The van der Waals surface area contributed by atoms with Crippen molar-refractivity contribution in [1.82, 2.24) is 4.98 Å². The van der Waals surface area contributed by atoms with Crippen LogP contribution in [0.2, 0.25) is 0 Å². The second-order valence-electron chi connectivity index (χ2n) is 3.71. The van der Waals surface area contributed by atoms with E-state index >= 15 is 0 Å². The van der Waals surface area contributed by atoms with Crippen molar-refractivity contribution >= 4 is 16.7 Å². The standard InChI is InChI=1S/C12H15N3/c1-8-7-10-9(5-6-13)3-2-4-11(10)15-12(8)14/h2-4,7H,5-6,13H2,1H3,(H2,14,15). The van der Waals surface area contributed by atoms with Gasteiger partial charge in [0.1, 0.15) is 5.82 Å². The molecule has 0 atom stereocenters. The third kappa shape index (κ3) is 1.78. The van der Waals surface area contributed by atoms with E-state index in [-0.39, 0.29) is 0 Å². The van der Waals surface area contributed by atoms with Crippen LogP contribution in [-0.2, 0) is 6.42 Å². The molecule has 3 heteroatoms. The Bertz CT molecular complexity index is 491. The van der Waals surface area contributed by atoms with E-state index in [1.165, 1.54) is 5.56 Å². The smallest absolute Gasteiger partial charge is 0.127 e. The molecule has 3 nitrogen and oxygen atoms in total. The average molecular weight is 201 g/mol. The number of anilines is 1. The zero-order valence-corrected chi connectivity index (χ0v) is 8.83. The molecule has 0 radical (unpaired) electrons. The average Bonchev–Trinajstić information content (AvgIpc) is 2.21. The number of hydrogen-bond acceptors (Lipinski definition) is 3. The molecule has 0 spiro atoms. The lowest BCUT2D eigenvalue weighted by Gasteiger charge is -2.07. The highest BCUT2D eigenvalue weighted by Gasteiger charge is 2.03. The van der Waals surface area contributed by atoms with Crippen LogP contribution in [0.25, 0.3) is 10.9 Å². The molecule has 0 bridgehead atoms. The normalized spacial score (nSPS) is 10.8. The Kier molecular flexibility index (Phi) is 2.56. The first kappa shape index (κ1) is 9.93. The predicted molar refractivity (Wildman–Crippen MR) is 63.7 cm³/mol. The van der Waals surface area contributed by atoms with E-state index < -0.39 is 0 Å². The Hall–Kier alpha value is -1.61. The molecule has 0 aliphatic carbocycles. The first-order valence-electron chi connectivity index (χ1n) is 5.07. The Balaban J connectivity index is 2.68. The summed E-state index contributed by atoms with van der Waals surface area (Å²) in [6.07, 6.45) is 0.877. The summed E-state index contributed by atoms with van der Waals surface area (Å²) in [7, 11) is 0. The van der Waals surface area contributed by atoms with Gasteiger partial charge in [-0.2, -0.15) is 0 Å². The van der Waals surface area contributed by atoms with Crippen LogP contribution >= 0.6 is 0 Å². The summed E-state index contributed by atoms with van der Waals surface area (Å²) >= 11 is 0. The number of nitrogen functional groups attached to an aromatic ring is 1. The SMILES string of the molecule is Cc1cc2c(CCN)cccc2nc1N. The van der Waals surface area contributed by atoms with Gasteiger partial charge in [0.15, 0.2) is 0 Å². The molecular weight excluding hydrogens is 186 g/mol. The van der Waals surface area contributed by atoms with Crippen molar-refractivity contribution in [3.63, 3.8) is 0 Å². The molecule has 0 saturated carbocycles. The molecule has 4 N–H and O–H groups in total. The van der Waals surface area contributed by atoms with Crippen molar-refractivity contribution in [2.75, 3.05) is 12.3 Å². The van der Waals surface area contributed by atoms with Gasteiger partial charge >= 0.3 is 0 Å². The summed E-state index contributed by atoms with van der Waals surface area (Å²) in [5, 5.41) is 1.16. The number of pyridine rings is 1. The van der Waals surface area contributed by atoms with Crippen LogP contribution in [0.15, 0.2) is 24.3 Å². The number of fused-ring (bicyclic) bond motifs is 1. The molecule has 0 saturated heterocycles. The van der Waals surface area contributed by atoms with E-state index in [0.717, 1.165) is 22.9 Å². The second kappa shape index (κ2) is 3.87. The molecule has 0 aliphatic rings. The zero-order valence-electron chi connectivity index (χ0n) is 8.83. The minimum atomic E-state index is 0.604. The lowest BCUT2D eigenvalue weighted by molar-refractivity contribution is 0.976. The number of nitrogens with zero attached hydrogens (tertiary/aromatic N) is 1. The molecule has 2 aromatic rings. The minimum absolute atomic E-state index is 0.604. The molecule has 2 rings (SSSR count). The van der Waals surface area contributed by atoms with E-state index in [9.17, 15) is 0 Å². The number of aryl methyl sites for hydroxylation is 1. The molecule has 0 amide bonds. The maximum Gasteiger partial charge on any atom is 0.127 e. The zero-order chi connectivity index (χ0) is 10.8. The minimum Gasteiger partial charge on any atom is -0.383 e. The van der Waals surface area contributed by atoms with Crippen molar-refractivity contribution in [2.45, 2.75) is 13.3 Å². The molecular formula is C12H15N3. The van der Waals surface area contributed by atoms with Gasteiger partial charge in [0.2, 0.25) is 0 Å². The van der Waals surface area contributed by atoms with Crippen LogP contribution in [0.1, 0.15) is 11.1 Å². The van der Waals surface area contributed by atoms with Gasteiger partial charge in [-0.15, -0.1) is 0 Å².